The number of hydrogen-bond acceptors (Lipinski definition) is 2. The van der Waals surface area contributed by atoms with Crippen LogP contribution < -0.4 is 11.1 Å². The molecule has 1 saturated carbocycles. The molecule has 98 valence electrons. The fraction of sp³-hybridized carbons (Fsp3) is 0.533. The monoisotopic (exact) mass is 246 g/mol. The summed E-state index contributed by atoms with van der Waals surface area (Å²) in [6.07, 6.45) is 4.13. The van der Waals surface area contributed by atoms with Gasteiger partial charge in [0.25, 0.3) is 0 Å². The largest absolute Gasteiger partial charge is 0.352 e. The highest BCUT2D eigenvalue weighted by Gasteiger charge is 2.37. The number of nitrogens with one attached hydrogen (secondary N) is 1. The van der Waals surface area contributed by atoms with Crippen molar-refractivity contribution < 1.29 is 4.79 Å². The molecular weight excluding hydrogens is 224 g/mol. The Labute approximate surface area is 109 Å². The summed E-state index contributed by atoms with van der Waals surface area (Å²) in [4.78, 5) is 11.9. The predicted molar refractivity (Wildman–Crippen MR) is 73.1 cm³/mol. The summed E-state index contributed by atoms with van der Waals surface area (Å²) in [5, 5.41) is 3.04. The fourth-order valence-corrected chi connectivity index (χ4v) is 2.36. The molecule has 3 atom stereocenters. The molecule has 1 amide bonds. The van der Waals surface area contributed by atoms with Crippen LogP contribution in [0, 0.1) is 5.92 Å². The summed E-state index contributed by atoms with van der Waals surface area (Å²) in [6, 6.07) is 9.86. The molecule has 1 aromatic rings. The third-order valence-corrected chi connectivity index (χ3v) is 3.54. The number of hydrogen-bond donors (Lipinski definition) is 2. The van der Waals surface area contributed by atoms with Gasteiger partial charge in [0.05, 0.1) is 6.04 Å². The van der Waals surface area contributed by atoms with Crippen LogP contribution in [0.4, 0.5) is 0 Å². The number of rotatable bonds is 6. The Morgan fingerprint density at radius 2 is 2.17 bits per heavy atom. The van der Waals surface area contributed by atoms with E-state index in [9.17, 15) is 4.79 Å². The molecule has 0 saturated heterocycles. The Bertz CT molecular complexity index is 391. The van der Waals surface area contributed by atoms with Gasteiger partial charge in [0, 0.05) is 6.04 Å². The standard InChI is InChI=1S/C15H22N2O/c1-2-6-12-10-14(12)17-15(18)13(16)9-11-7-4-3-5-8-11/h3-5,7-8,12-14H,2,6,9-10,16H2,1H3,(H,17,18)/t12?,13-,14?/m0/s1. The van der Waals surface area contributed by atoms with E-state index in [4.69, 9.17) is 5.73 Å². The fourth-order valence-electron chi connectivity index (χ4n) is 2.36. The lowest BCUT2D eigenvalue weighted by Gasteiger charge is -2.12. The van der Waals surface area contributed by atoms with E-state index in [0.717, 1.165) is 12.0 Å². The van der Waals surface area contributed by atoms with Gasteiger partial charge in [0.1, 0.15) is 0 Å². The van der Waals surface area contributed by atoms with Crippen LogP contribution in [0.5, 0.6) is 0 Å². The van der Waals surface area contributed by atoms with Crippen molar-refractivity contribution in [2.45, 2.75) is 44.7 Å². The number of carbonyl (C=O) groups is 1. The summed E-state index contributed by atoms with van der Waals surface area (Å²) in [7, 11) is 0. The maximum atomic E-state index is 11.9. The van der Waals surface area contributed by atoms with Crippen LogP contribution in [-0.4, -0.2) is 18.0 Å². The molecule has 18 heavy (non-hydrogen) atoms. The van der Waals surface area contributed by atoms with Gasteiger partial charge in [-0.1, -0.05) is 43.7 Å². The lowest BCUT2D eigenvalue weighted by atomic mass is 10.1. The summed E-state index contributed by atoms with van der Waals surface area (Å²) >= 11 is 0. The van der Waals surface area contributed by atoms with Crippen LogP contribution in [0.15, 0.2) is 30.3 Å². The minimum Gasteiger partial charge on any atom is -0.352 e. The molecule has 3 heteroatoms. The van der Waals surface area contributed by atoms with Gasteiger partial charge in [-0.05, 0) is 30.7 Å². The Balaban J connectivity index is 1.76. The van der Waals surface area contributed by atoms with Crippen molar-refractivity contribution in [1.82, 2.24) is 5.32 Å². The Morgan fingerprint density at radius 1 is 1.44 bits per heavy atom. The second kappa shape index (κ2) is 6.01. The van der Waals surface area contributed by atoms with Crippen molar-refractivity contribution in [3.05, 3.63) is 35.9 Å². The highest BCUT2D eigenvalue weighted by Crippen LogP contribution is 2.34. The lowest BCUT2D eigenvalue weighted by molar-refractivity contribution is -0.122. The first-order valence-corrected chi connectivity index (χ1v) is 6.80. The lowest BCUT2D eigenvalue weighted by Crippen LogP contribution is -2.43. The van der Waals surface area contributed by atoms with Crippen LogP contribution in [0.2, 0.25) is 0 Å². The molecule has 1 aliphatic rings. The molecule has 3 N–H and O–H groups in total. The van der Waals surface area contributed by atoms with Gasteiger partial charge in [-0.3, -0.25) is 4.79 Å². The van der Waals surface area contributed by atoms with Crippen LogP contribution in [0.3, 0.4) is 0 Å². The molecule has 0 aliphatic heterocycles. The van der Waals surface area contributed by atoms with Crippen LogP contribution in [0.1, 0.15) is 31.7 Å². The average molecular weight is 246 g/mol. The second-order valence-corrected chi connectivity index (χ2v) is 5.20. The van der Waals surface area contributed by atoms with E-state index in [1.807, 2.05) is 30.3 Å². The van der Waals surface area contributed by atoms with E-state index >= 15 is 0 Å². The third-order valence-electron chi connectivity index (χ3n) is 3.54. The topological polar surface area (TPSA) is 55.1 Å². The minimum atomic E-state index is -0.435. The molecule has 1 fully saturated rings. The second-order valence-electron chi connectivity index (χ2n) is 5.20. The molecule has 0 radical (unpaired) electrons. The molecule has 2 rings (SSSR count). The van der Waals surface area contributed by atoms with Crippen molar-refractivity contribution >= 4 is 5.91 Å². The zero-order chi connectivity index (χ0) is 13.0. The highest BCUT2D eigenvalue weighted by atomic mass is 16.2. The summed E-state index contributed by atoms with van der Waals surface area (Å²) < 4.78 is 0. The summed E-state index contributed by atoms with van der Waals surface area (Å²) in [5.41, 5.74) is 7.04. The zero-order valence-corrected chi connectivity index (χ0v) is 10.9. The SMILES string of the molecule is CCCC1CC1NC(=O)[C@@H](N)Cc1ccccc1. The number of nitrogens with two attached hydrogens (primary N) is 1. The molecule has 1 aliphatic carbocycles. The average Bonchev–Trinajstić information content (AvgIpc) is 3.09. The minimum absolute atomic E-state index is 0.0116. The normalized spacial score (nSPS) is 23.4. The van der Waals surface area contributed by atoms with E-state index in [0.29, 0.717) is 18.4 Å². The molecule has 1 aromatic carbocycles. The van der Waals surface area contributed by atoms with Crippen LogP contribution in [-0.2, 0) is 11.2 Å². The van der Waals surface area contributed by atoms with Crippen molar-refractivity contribution in [2.24, 2.45) is 11.7 Å². The molecular formula is C15H22N2O. The van der Waals surface area contributed by atoms with Gasteiger partial charge in [0.2, 0.25) is 5.91 Å². The quantitative estimate of drug-likeness (QED) is 0.805. The highest BCUT2D eigenvalue weighted by molar-refractivity contribution is 5.82. The molecule has 3 nitrogen and oxygen atoms in total. The molecule has 0 spiro atoms. The van der Waals surface area contributed by atoms with E-state index in [1.54, 1.807) is 0 Å². The van der Waals surface area contributed by atoms with E-state index < -0.39 is 6.04 Å². The van der Waals surface area contributed by atoms with Crippen molar-refractivity contribution in [1.29, 1.82) is 0 Å². The maximum Gasteiger partial charge on any atom is 0.237 e. The van der Waals surface area contributed by atoms with Gasteiger partial charge in [-0.25, -0.2) is 0 Å². The van der Waals surface area contributed by atoms with Gasteiger partial charge in [0.15, 0.2) is 0 Å². The van der Waals surface area contributed by atoms with E-state index in [-0.39, 0.29) is 5.91 Å². The molecule has 0 heterocycles. The summed E-state index contributed by atoms with van der Waals surface area (Å²) in [5.74, 6) is 0.672. The Hall–Kier alpha value is -1.35. The van der Waals surface area contributed by atoms with Crippen molar-refractivity contribution in [3.8, 4) is 0 Å². The summed E-state index contributed by atoms with van der Waals surface area (Å²) in [6.45, 7) is 2.18. The van der Waals surface area contributed by atoms with Crippen LogP contribution >= 0.6 is 0 Å². The first kappa shape index (κ1) is 13.1. The molecule has 2 unspecified atom stereocenters. The van der Waals surface area contributed by atoms with E-state index in [1.165, 1.54) is 12.8 Å². The van der Waals surface area contributed by atoms with E-state index in [2.05, 4.69) is 12.2 Å². The Kier molecular flexibility index (Phi) is 4.37. The smallest absolute Gasteiger partial charge is 0.237 e. The maximum absolute atomic E-state index is 11.9. The van der Waals surface area contributed by atoms with Crippen LogP contribution in [0.25, 0.3) is 0 Å². The molecule has 0 bridgehead atoms. The predicted octanol–water partition coefficient (Wildman–Crippen LogP) is 1.86. The first-order valence-electron chi connectivity index (χ1n) is 6.80. The number of amides is 1. The van der Waals surface area contributed by atoms with Crippen molar-refractivity contribution in [3.63, 3.8) is 0 Å². The number of benzene rings is 1. The third kappa shape index (κ3) is 3.57. The van der Waals surface area contributed by atoms with Gasteiger partial charge < -0.3 is 11.1 Å². The first-order chi connectivity index (χ1) is 8.70. The molecule has 0 aromatic heterocycles. The van der Waals surface area contributed by atoms with Gasteiger partial charge in [-0.2, -0.15) is 0 Å². The van der Waals surface area contributed by atoms with Crippen molar-refractivity contribution in [2.75, 3.05) is 0 Å². The zero-order valence-electron chi connectivity index (χ0n) is 10.9. The number of carbonyl (C=O) groups excluding carboxylic acids is 1. The Morgan fingerprint density at radius 3 is 2.83 bits per heavy atom. The van der Waals surface area contributed by atoms with Gasteiger partial charge >= 0.3 is 0 Å². The van der Waals surface area contributed by atoms with Gasteiger partial charge in [-0.15, -0.1) is 0 Å².